The number of nitrogens with two attached hydrogens (primary N) is 1. The summed E-state index contributed by atoms with van der Waals surface area (Å²) in [6.45, 7) is 7.38. The third kappa shape index (κ3) is 9.61. The van der Waals surface area contributed by atoms with Crippen LogP contribution < -0.4 is 16.4 Å². The van der Waals surface area contributed by atoms with Crippen molar-refractivity contribution in [3.63, 3.8) is 0 Å². The van der Waals surface area contributed by atoms with E-state index in [-0.39, 0.29) is 28.7 Å². The molecule has 0 aliphatic rings. The molecule has 0 spiro atoms. The normalized spacial score (nSPS) is 14.0. The molecule has 6 N–H and O–H groups in total. The summed E-state index contributed by atoms with van der Waals surface area (Å²) in [7, 11) is 0. The van der Waals surface area contributed by atoms with Crippen LogP contribution in [0.25, 0.3) is 0 Å². The summed E-state index contributed by atoms with van der Waals surface area (Å²) < 4.78 is 27.8. The van der Waals surface area contributed by atoms with Gasteiger partial charge in [-0.05, 0) is 62.1 Å². The Bertz CT molecular complexity index is 1230. The minimum absolute atomic E-state index is 0.0527. The van der Waals surface area contributed by atoms with Gasteiger partial charge in [0, 0.05) is 42.8 Å². The molecule has 4 atom stereocenters. The highest BCUT2D eigenvalue weighted by molar-refractivity contribution is 6.04. The Morgan fingerprint density at radius 1 is 0.854 bits per heavy atom. The van der Waals surface area contributed by atoms with E-state index in [9.17, 15) is 38.2 Å². The number of primary amides is 1. The lowest BCUT2D eigenvalue weighted by molar-refractivity contribution is -0.121. The molecule has 0 fully saturated rings. The SMILES string of the molecule is CCCN(CCC)C(=O)c1cc(C(N)=O)cc(C(=O)N[C@@H](Cc2cc(F)cc(F)c2)[C@@H](O)[C@H](O)[C@@H](C)NC(C)=O)c1. The first kappa shape index (κ1) is 33.3. The number of aliphatic hydroxyl groups is 2. The molecule has 2 aromatic carbocycles. The number of aliphatic hydroxyl groups excluding tert-OH is 2. The third-order valence-corrected chi connectivity index (χ3v) is 6.40. The Balaban J connectivity index is 2.48. The maximum atomic E-state index is 13.9. The van der Waals surface area contributed by atoms with Gasteiger partial charge < -0.3 is 31.5 Å². The van der Waals surface area contributed by atoms with E-state index in [1.807, 2.05) is 13.8 Å². The number of hydrogen-bond donors (Lipinski definition) is 5. The first-order valence-corrected chi connectivity index (χ1v) is 13.4. The second-order valence-electron chi connectivity index (χ2n) is 9.99. The summed E-state index contributed by atoms with van der Waals surface area (Å²) >= 11 is 0. The van der Waals surface area contributed by atoms with Gasteiger partial charge in [0.05, 0.1) is 12.1 Å². The van der Waals surface area contributed by atoms with E-state index in [2.05, 4.69) is 10.6 Å². The highest BCUT2D eigenvalue weighted by atomic mass is 19.1. The lowest BCUT2D eigenvalue weighted by Gasteiger charge is -2.31. The van der Waals surface area contributed by atoms with Gasteiger partial charge in [-0.2, -0.15) is 0 Å². The fraction of sp³-hybridized carbons (Fsp3) is 0.448. The van der Waals surface area contributed by atoms with Crippen LogP contribution in [0.2, 0.25) is 0 Å². The topological polar surface area (TPSA) is 162 Å². The lowest BCUT2D eigenvalue weighted by atomic mass is 9.94. The van der Waals surface area contributed by atoms with Crippen LogP contribution in [0.1, 0.15) is 77.2 Å². The lowest BCUT2D eigenvalue weighted by Crippen LogP contribution is -2.55. The molecule has 0 aliphatic heterocycles. The molecule has 2 rings (SSSR count). The minimum Gasteiger partial charge on any atom is -0.388 e. The highest BCUT2D eigenvalue weighted by Crippen LogP contribution is 2.18. The second kappa shape index (κ2) is 15.2. The molecular formula is C29H38F2N4O6. The number of halogens is 2. The summed E-state index contributed by atoms with van der Waals surface area (Å²) in [6.07, 6.45) is -2.24. The molecule has 2 aromatic rings. The predicted molar refractivity (Wildman–Crippen MR) is 148 cm³/mol. The van der Waals surface area contributed by atoms with Crippen molar-refractivity contribution in [2.45, 2.75) is 71.2 Å². The largest absolute Gasteiger partial charge is 0.388 e. The summed E-state index contributed by atoms with van der Waals surface area (Å²) in [4.78, 5) is 51.7. The first-order chi connectivity index (χ1) is 19.3. The Morgan fingerprint density at radius 3 is 1.90 bits per heavy atom. The van der Waals surface area contributed by atoms with E-state index in [0.717, 1.165) is 12.1 Å². The zero-order valence-electron chi connectivity index (χ0n) is 23.6. The average Bonchev–Trinajstić information content (AvgIpc) is 2.90. The fourth-order valence-electron chi connectivity index (χ4n) is 4.49. The van der Waals surface area contributed by atoms with Crippen LogP contribution >= 0.6 is 0 Å². The van der Waals surface area contributed by atoms with Crippen molar-refractivity contribution in [1.29, 1.82) is 0 Å². The smallest absolute Gasteiger partial charge is 0.253 e. The molecule has 0 aromatic heterocycles. The number of rotatable bonds is 14. The molecule has 0 aliphatic carbocycles. The zero-order valence-corrected chi connectivity index (χ0v) is 23.6. The number of hydrogen-bond acceptors (Lipinski definition) is 6. The van der Waals surface area contributed by atoms with E-state index >= 15 is 0 Å². The van der Waals surface area contributed by atoms with Crippen LogP contribution in [-0.2, 0) is 11.2 Å². The van der Waals surface area contributed by atoms with Crippen LogP contribution in [0.5, 0.6) is 0 Å². The summed E-state index contributed by atoms with van der Waals surface area (Å²) in [6, 6.07) is 4.18. The van der Waals surface area contributed by atoms with Crippen molar-refractivity contribution < 1.29 is 38.2 Å². The number of nitrogens with zero attached hydrogens (tertiary/aromatic N) is 1. The Labute approximate surface area is 237 Å². The zero-order chi connectivity index (χ0) is 30.9. The number of nitrogens with one attached hydrogen (secondary N) is 2. The third-order valence-electron chi connectivity index (χ3n) is 6.40. The van der Waals surface area contributed by atoms with E-state index in [0.29, 0.717) is 32.0 Å². The van der Waals surface area contributed by atoms with Gasteiger partial charge in [0.15, 0.2) is 0 Å². The molecule has 0 heterocycles. The molecule has 0 saturated carbocycles. The Kier molecular flexibility index (Phi) is 12.3. The van der Waals surface area contributed by atoms with Crippen molar-refractivity contribution in [3.8, 4) is 0 Å². The van der Waals surface area contributed by atoms with Gasteiger partial charge in [0.1, 0.15) is 23.8 Å². The highest BCUT2D eigenvalue weighted by Gasteiger charge is 2.32. The van der Waals surface area contributed by atoms with Gasteiger partial charge in [-0.15, -0.1) is 0 Å². The summed E-state index contributed by atoms with van der Waals surface area (Å²) in [5, 5.41) is 26.7. The molecule has 224 valence electrons. The summed E-state index contributed by atoms with van der Waals surface area (Å²) in [5.41, 5.74) is 5.35. The molecule has 0 radical (unpaired) electrons. The van der Waals surface area contributed by atoms with E-state index in [4.69, 9.17) is 5.73 Å². The van der Waals surface area contributed by atoms with Crippen LogP contribution in [0, 0.1) is 11.6 Å². The first-order valence-electron chi connectivity index (χ1n) is 13.4. The molecule has 12 heteroatoms. The molecule has 0 unspecified atom stereocenters. The number of amides is 4. The van der Waals surface area contributed by atoms with Crippen molar-refractivity contribution >= 4 is 23.6 Å². The van der Waals surface area contributed by atoms with Crippen molar-refractivity contribution in [2.24, 2.45) is 5.73 Å². The van der Waals surface area contributed by atoms with Gasteiger partial charge >= 0.3 is 0 Å². The van der Waals surface area contributed by atoms with Gasteiger partial charge in [0.25, 0.3) is 11.8 Å². The number of carbonyl (C=O) groups excluding carboxylic acids is 4. The maximum absolute atomic E-state index is 13.9. The van der Waals surface area contributed by atoms with E-state index < -0.39 is 59.6 Å². The second-order valence-corrected chi connectivity index (χ2v) is 9.99. The van der Waals surface area contributed by atoms with Gasteiger partial charge in [-0.25, -0.2) is 8.78 Å². The van der Waals surface area contributed by atoms with E-state index in [1.165, 1.54) is 32.0 Å². The molecule has 41 heavy (non-hydrogen) atoms. The predicted octanol–water partition coefficient (Wildman–Crippen LogP) is 1.91. The minimum atomic E-state index is -1.71. The van der Waals surface area contributed by atoms with Crippen molar-refractivity contribution in [1.82, 2.24) is 15.5 Å². The Morgan fingerprint density at radius 2 is 1.39 bits per heavy atom. The quantitative estimate of drug-likeness (QED) is 0.231. The molecule has 0 saturated heterocycles. The van der Waals surface area contributed by atoms with Gasteiger partial charge in [0.2, 0.25) is 11.8 Å². The van der Waals surface area contributed by atoms with E-state index in [1.54, 1.807) is 4.90 Å². The van der Waals surface area contributed by atoms with Crippen LogP contribution in [0.15, 0.2) is 36.4 Å². The standard InChI is InChI=1S/C29H38F2N4O6/c1-5-7-35(8-6-2)29(41)21-13-19(27(32)39)12-20(14-21)28(40)34-24(11-18-9-22(30)15-23(31)10-18)26(38)25(37)16(3)33-17(4)36/h9-10,12-16,24-26,37-38H,5-8,11H2,1-4H3,(H2,32,39)(H,33,36)(H,34,40)/t16-,24+,25-,26-/m1/s1. The van der Waals surface area contributed by atoms with Crippen molar-refractivity contribution in [2.75, 3.05) is 13.1 Å². The monoisotopic (exact) mass is 576 g/mol. The Hall–Kier alpha value is -3.90. The number of carbonyl (C=O) groups is 4. The van der Waals surface area contributed by atoms with Gasteiger partial charge in [-0.3, -0.25) is 19.2 Å². The molecular weight excluding hydrogens is 538 g/mol. The maximum Gasteiger partial charge on any atom is 0.253 e. The van der Waals surface area contributed by atoms with Crippen LogP contribution in [0.4, 0.5) is 8.78 Å². The molecule has 0 bridgehead atoms. The van der Waals surface area contributed by atoms with Crippen LogP contribution in [0.3, 0.4) is 0 Å². The van der Waals surface area contributed by atoms with Crippen LogP contribution in [-0.4, -0.2) is 76.1 Å². The summed E-state index contributed by atoms with van der Waals surface area (Å²) in [5.74, 6) is -4.37. The average molecular weight is 577 g/mol. The number of benzene rings is 2. The molecule has 10 nitrogen and oxygen atoms in total. The van der Waals surface area contributed by atoms with Crippen molar-refractivity contribution in [3.05, 3.63) is 70.3 Å². The fourth-order valence-corrected chi connectivity index (χ4v) is 4.49. The van der Waals surface area contributed by atoms with Gasteiger partial charge in [-0.1, -0.05) is 13.8 Å². The molecule has 4 amide bonds.